The lowest BCUT2D eigenvalue weighted by Gasteiger charge is -2.24. The third-order valence-electron chi connectivity index (χ3n) is 6.15. The molecular weight excluding hydrogens is 420 g/mol. The summed E-state index contributed by atoms with van der Waals surface area (Å²) in [7, 11) is 0. The molecule has 1 unspecified atom stereocenters. The normalized spacial score (nSPS) is 13.5. The molecule has 1 aliphatic carbocycles. The van der Waals surface area contributed by atoms with Crippen molar-refractivity contribution in [3.63, 3.8) is 0 Å². The van der Waals surface area contributed by atoms with Gasteiger partial charge in [0.15, 0.2) is 0 Å². The minimum atomic E-state index is -0.839. The molecule has 0 saturated heterocycles. The molecule has 0 spiro atoms. The maximum atomic E-state index is 12.5. The number of aliphatic carboxylic acids is 1. The summed E-state index contributed by atoms with van der Waals surface area (Å²) in [6.45, 7) is 5.87. The predicted molar refractivity (Wildman–Crippen MR) is 126 cm³/mol. The lowest BCUT2D eigenvalue weighted by Crippen LogP contribution is -2.45. The fourth-order valence-corrected chi connectivity index (χ4v) is 4.00. The number of alkyl carbamates (subject to hydrolysis) is 1. The minimum absolute atomic E-state index is 0.0207. The molecule has 2 amide bonds. The summed E-state index contributed by atoms with van der Waals surface area (Å²) in [4.78, 5) is 35.7. The molecule has 0 fully saturated rings. The first-order chi connectivity index (χ1) is 15.7. The molecule has 1 aliphatic rings. The second-order valence-electron chi connectivity index (χ2n) is 9.20. The summed E-state index contributed by atoms with van der Waals surface area (Å²) in [6.07, 6.45) is 0.511. The number of carbonyl (C=O) groups excluding carboxylic acids is 2. The molecule has 3 rings (SSSR count). The molecule has 1 atom stereocenters. The molecule has 7 nitrogen and oxygen atoms in total. The Kier molecular flexibility index (Phi) is 7.74. The van der Waals surface area contributed by atoms with Crippen molar-refractivity contribution in [2.24, 2.45) is 11.3 Å². The fraction of sp³-hybridized carbons (Fsp3) is 0.423. The van der Waals surface area contributed by atoms with Gasteiger partial charge in [-0.15, -0.1) is 0 Å². The number of rotatable bonds is 10. The van der Waals surface area contributed by atoms with Gasteiger partial charge in [-0.2, -0.15) is 0 Å². The summed E-state index contributed by atoms with van der Waals surface area (Å²) in [5.74, 6) is -1.50. The van der Waals surface area contributed by atoms with E-state index in [0.29, 0.717) is 19.4 Å². The number of hydrogen-bond donors (Lipinski definition) is 3. The maximum Gasteiger partial charge on any atom is 0.407 e. The fourth-order valence-electron chi connectivity index (χ4n) is 4.00. The van der Waals surface area contributed by atoms with E-state index in [2.05, 4.69) is 34.9 Å². The van der Waals surface area contributed by atoms with Gasteiger partial charge in [0.1, 0.15) is 6.61 Å². The van der Waals surface area contributed by atoms with Crippen LogP contribution in [-0.2, 0) is 14.3 Å². The predicted octanol–water partition coefficient (Wildman–Crippen LogP) is 4.17. The molecule has 2 aromatic rings. The Morgan fingerprint density at radius 2 is 1.58 bits per heavy atom. The number of carboxylic acids is 1. The van der Waals surface area contributed by atoms with Crippen LogP contribution < -0.4 is 10.6 Å². The van der Waals surface area contributed by atoms with Crippen molar-refractivity contribution in [1.82, 2.24) is 10.6 Å². The van der Waals surface area contributed by atoms with Gasteiger partial charge in [-0.3, -0.25) is 9.59 Å². The van der Waals surface area contributed by atoms with E-state index >= 15 is 0 Å². The van der Waals surface area contributed by atoms with Crippen molar-refractivity contribution in [1.29, 1.82) is 0 Å². The molecule has 176 valence electrons. The number of benzene rings is 2. The molecule has 2 aromatic carbocycles. The SMILES string of the molecule is CC(CCCNC(=O)C(C)(C)CNC(=O)OCC1c2ccccc2-c2ccccc21)C(=O)O. The van der Waals surface area contributed by atoms with E-state index in [0.717, 1.165) is 22.3 Å². The first-order valence-electron chi connectivity index (χ1n) is 11.3. The lowest BCUT2D eigenvalue weighted by molar-refractivity contribution is -0.141. The van der Waals surface area contributed by atoms with Gasteiger partial charge >= 0.3 is 12.1 Å². The van der Waals surface area contributed by atoms with Crippen LogP contribution >= 0.6 is 0 Å². The zero-order valence-corrected chi connectivity index (χ0v) is 19.4. The largest absolute Gasteiger partial charge is 0.481 e. The van der Waals surface area contributed by atoms with E-state index < -0.39 is 23.4 Å². The van der Waals surface area contributed by atoms with Crippen LogP contribution in [0.1, 0.15) is 50.7 Å². The average Bonchev–Trinajstić information content (AvgIpc) is 3.12. The summed E-state index contributed by atoms with van der Waals surface area (Å²) >= 11 is 0. The van der Waals surface area contributed by atoms with Crippen molar-refractivity contribution in [2.75, 3.05) is 19.7 Å². The highest BCUT2D eigenvalue weighted by Crippen LogP contribution is 2.44. The van der Waals surface area contributed by atoms with E-state index in [1.165, 1.54) is 0 Å². The topological polar surface area (TPSA) is 105 Å². The molecule has 0 heterocycles. The van der Waals surface area contributed by atoms with E-state index in [4.69, 9.17) is 9.84 Å². The van der Waals surface area contributed by atoms with Crippen LogP contribution in [0.15, 0.2) is 48.5 Å². The van der Waals surface area contributed by atoms with Gasteiger partial charge in [0.25, 0.3) is 0 Å². The Bertz CT molecular complexity index is 972. The van der Waals surface area contributed by atoms with Gasteiger partial charge in [-0.25, -0.2) is 4.79 Å². The smallest absolute Gasteiger partial charge is 0.407 e. The van der Waals surface area contributed by atoms with E-state index in [9.17, 15) is 14.4 Å². The van der Waals surface area contributed by atoms with Gasteiger partial charge in [-0.1, -0.05) is 55.5 Å². The average molecular weight is 453 g/mol. The molecule has 0 aromatic heterocycles. The number of carbonyl (C=O) groups is 3. The van der Waals surface area contributed by atoms with E-state index in [1.807, 2.05) is 24.3 Å². The Balaban J connectivity index is 1.46. The molecular formula is C26H32N2O5. The highest BCUT2D eigenvalue weighted by molar-refractivity contribution is 5.83. The number of nitrogens with one attached hydrogen (secondary N) is 2. The molecule has 3 N–H and O–H groups in total. The Hall–Kier alpha value is -3.35. The van der Waals surface area contributed by atoms with Crippen molar-refractivity contribution < 1.29 is 24.2 Å². The second-order valence-corrected chi connectivity index (χ2v) is 9.20. The maximum absolute atomic E-state index is 12.5. The highest BCUT2D eigenvalue weighted by Gasteiger charge is 2.30. The summed E-state index contributed by atoms with van der Waals surface area (Å²) in [5.41, 5.74) is 3.78. The molecule has 7 heteroatoms. The monoisotopic (exact) mass is 452 g/mol. The molecule has 0 aliphatic heterocycles. The molecule has 33 heavy (non-hydrogen) atoms. The van der Waals surface area contributed by atoms with Gasteiger partial charge in [0.05, 0.1) is 11.3 Å². The van der Waals surface area contributed by atoms with E-state index in [1.54, 1.807) is 20.8 Å². The molecule has 0 radical (unpaired) electrons. The van der Waals surface area contributed by atoms with Crippen LogP contribution in [0.3, 0.4) is 0 Å². The number of ether oxygens (including phenoxy) is 1. The number of amides is 2. The van der Waals surface area contributed by atoms with E-state index in [-0.39, 0.29) is 25.0 Å². The third-order valence-corrected chi connectivity index (χ3v) is 6.15. The van der Waals surface area contributed by atoms with Crippen LogP contribution in [0.5, 0.6) is 0 Å². The highest BCUT2D eigenvalue weighted by atomic mass is 16.5. The third kappa shape index (κ3) is 5.92. The van der Waals surface area contributed by atoms with Crippen molar-refractivity contribution in [3.05, 3.63) is 59.7 Å². The molecule has 0 saturated carbocycles. The first-order valence-corrected chi connectivity index (χ1v) is 11.3. The quantitative estimate of drug-likeness (QED) is 0.469. The first kappa shape index (κ1) is 24.3. The van der Waals surface area contributed by atoms with Gasteiger partial charge < -0.3 is 20.5 Å². The minimum Gasteiger partial charge on any atom is -0.481 e. The number of fused-ring (bicyclic) bond motifs is 3. The Labute approximate surface area is 194 Å². The standard InChI is InChI=1S/C26H32N2O5/c1-17(23(29)30)9-8-14-27-24(31)26(2,3)16-28-25(32)33-15-22-20-12-6-4-10-18(20)19-11-5-7-13-21(19)22/h4-7,10-13,17,22H,8-9,14-16H2,1-3H3,(H,27,31)(H,28,32)(H,29,30). The Morgan fingerprint density at radius 3 is 2.15 bits per heavy atom. The number of carboxylic acid groups (broad SMARTS) is 1. The van der Waals surface area contributed by atoms with Crippen molar-refractivity contribution in [2.45, 2.75) is 39.5 Å². The second kappa shape index (κ2) is 10.5. The van der Waals surface area contributed by atoms with Crippen molar-refractivity contribution >= 4 is 18.0 Å². The zero-order valence-electron chi connectivity index (χ0n) is 19.4. The van der Waals surface area contributed by atoms with Gasteiger partial charge in [0.2, 0.25) is 5.91 Å². The lowest BCUT2D eigenvalue weighted by atomic mass is 9.92. The van der Waals surface area contributed by atoms with Gasteiger partial charge in [0, 0.05) is 19.0 Å². The van der Waals surface area contributed by atoms with Crippen LogP contribution in [0.2, 0.25) is 0 Å². The van der Waals surface area contributed by atoms with Gasteiger partial charge in [-0.05, 0) is 48.9 Å². The summed E-state index contributed by atoms with van der Waals surface area (Å²) in [5, 5.41) is 14.4. The van der Waals surface area contributed by atoms with Crippen LogP contribution in [0, 0.1) is 11.3 Å². The van der Waals surface area contributed by atoms with Crippen LogP contribution in [0.4, 0.5) is 4.79 Å². The van der Waals surface area contributed by atoms with Crippen molar-refractivity contribution in [3.8, 4) is 11.1 Å². The van der Waals surface area contributed by atoms with Crippen LogP contribution in [0.25, 0.3) is 11.1 Å². The molecule has 0 bridgehead atoms. The zero-order chi connectivity index (χ0) is 24.0. The Morgan fingerprint density at radius 1 is 1.00 bits per heavy atom. The summed E-state index contributed by atoms with van der Waals surface area (Å²) < 4.78 is 5.52. The summed E-state index contributed by atoms with van der Waals surface area (Å²) in [6, 6.07) is 16.3. The number of hydrogen-bond acceptors (Lipinski definition) is 4. The van der Waals surface area contributed by atoms with Crippen LogP contribution in [-0.4, -0.2) is 42.8 Å².